The molecule has 0 N–H and O–H groups in total. The summed E-state index contributed by atoms with van der Waals surface area (Å²) in [6.45, 7) is 4.42. The second kappa shape index (κ2) is 9.23. The fourth-order valence-corrected chi connectivity index (χ4v) is 2.89. The van der Waals surface area contributed by atoms with Gasteiger partial charge in [-0.05, 0) is 19.3 Å². The summed E-state index contributed by atoms with van der Waals surface area (Å²) in [6, 6.07) is 20.3. The van der Waals surface area contributed by atoms with Crippen molar-refractivity contribution in [3.05, 3.63) is 72.9 Å². The first-order valence-electron chi connectivity index (χ1n) is 9.46. The van der Waals surface area contributed by atoms with Crippen molar-refractivity contribution < 1.29 is 0 Å². The first kappa shape index (κ1) is 18.2. The highest BCUT2D eigenvalue weighted by Crippen LogP contribution is 2.25. The molecule has 0 saturated carbocycles. The van der Waals surface area contributed by atoms with Crippen molar-refractivity contribution in [3.8, 4) is 22.8 Å². The lowest BCUT2D eigenvalue weighted by atomic mass is 10.0. The molecular weight excluding hydrogens is 318 g/mol. The van der Waals surface area contributed by atoms with E-state index in [1.165, 1.54) is 12.8 Å². The fourth-order valence-electron chi connectivity index (χ4n) is 2.89. The summed E-state index contributed by atoms with van der Waals surface area (Å²) in [5.74, 6) is 2.68. The van der Waals surface area contributed by atoms with Gasteiger partial charge < -0.3 is 0 Å². The van der Waals surface area contributed by atoms with E-state index < -0.39 is 0 Å². The minimum absolute atomic E-state index is 0.302. The summed E-state index contributed by atoms with van der Waals surface area (Å²) in [4.78, 5) is 14.3. The molecule has 1 atom stereocenters. The van der Waals surface area contributed by atoms with Crippen molar-refractivity contribution in [3.63, 3.8) is 0 Å². The molecule has 0 amide bonds. The van der Waals surface area contributed by atoms with E-state index in [0.29, 0.717) is 5.92 Å². The maximum absolute atomic E-state index is 4.79. The molecule has 1 unspecified atom stereocenters. The monoisotopic (exact) mass is 344 g/mol. The fraction of sp³-hybridized carbons (Fsp3) is 0.304. The molecule has 0 aliphatic rings. The smallest absolute Gasteiger partial charge is 0.163 e. The van der Waals surface area contributed by atoms with Crippen LogP contribution in [-0.2, 0) is 0 Å². The van der Waals surface area contributed by atoms with Crippen LogP contribution < -0.4 is 0 Å². The van der Waals surface area contributed by atoms with E-state index >= 15 is 0 Å². The number of aromatic nitrogens is 3. The predicted octanol–water partition coefficient (Wildman–Crippen LogP) is 6.09. The average Bonchev–Trinajstić information content (AvgIpc) is 2.72. The van der Waals surface area contributed by atoms with Crippen molar-refractivity contribution in [1.82, 2.24) is 15.0 Å². The Morgan fingerprint density at radius 1 is 0.769 bits per heavy atom. The van der Waals surface area contributed by atoms with Crippen LogP contribution in [0.4, 0.5) is 0 Å². The number of benzene rings is 2. The first-order chi connectivity index (χ1) is 12.8. The molecular formula is C23H26N3. The van der Waals surface area contributed by atoms with Crippen LogP contribution in [0.1, 0.15) is 51.3 Å². The molecule has 0 saturated heterocycles. The Morgan fingerprint density at radius 2 is 1.31 bits per heavy atom. The number of nitrogens with zero attached hydrogens (tertiary/aromatic N) is 3. The average molecular weight is 344 g/mol. The highest BCUT2D eigenvalue weighted by molar-refractivity contribution is 5.60. The van der Waals surface area contributed by atoms with Gasteiger partial charge in [0, 0.05) is 17.0 Å². The van der Waals surface area contributed by atoms with E-state index in [4.69, 9.17) is 15.0 Å². The second-order valence-corrected chi connectivity index (χ2v) is 6.63. The number of rotatable bonds is 8. The second-order valence-electron chi connectivity index (χ2n) is 6.63. The summed E-state index contributed by atoms with van der Waals surface area (Å²) in [6.07, 6.45) is 6.91. The Kier molecular flexibility index (Phi) is 6.48. The van der Waals surface area contributed by atoms with Crippen LogP contribution in [0, 0.1) is 6.42 Å². The molecule has 3 rings (SSSR count). The third kappa shape index (κ3) is 4.75. The summed E-state index contributed by atoms with van der Waals surface area (Å²) in [7, 11) is 0. The minimum Gasteiger partial charge on any atom is -0.213 e. The Balaban J connectivity index is 1.93. The number of unbranched alkanes of at least 4 members (excludes halogenated alkanes) is 3. The van der Waals surface area contributed by atoms with E-state index in [2.05, 4.69) is 20.3 Å². The zero-order chi connectivity index (χ0) is 18.2. The SMILES string of the molecule is CCC[CH]CCC(C)c1nc(-c2ccccc2)nc(-c2ccccc2)n1. The van der Waals surface area contributed by atoms with Crippen LogP contribution in [0.5, 0.6) is 0 Å². The molecule has 3 heteroatoms. The van der Waals surface area contributed by atoms with Gasteiger partial charge in [-0.3, -0.25) is 0 Å². The lowest BCUT2D eigenvalue weighted by molar-refractivity contribution is 0.619. The lowest BCUT2D eigenvalue weighted by Gasteiger charge is -2.13. The summed E-state index contributed by atoms with van der Waals surface area (Å²) >= 11 is 0. The molecule has 3 aromatic rings. The molecule has 1 radical (unpaired) electrons. The van der Waals surface area contributed by atoms with Gasteiger partial charge in [0.25, 0.3) is 0 Å². The molecule has 0 spiro atoms. The molecule has 0 aliphatic carbocycles. The van der Waals surface area contributed by atoms with Gasteiger partial charge in [-0.15, -0.1) is 0 Å². The van der Waals surface area contributed by atoms with E-state index in [1.807, 2.05) is 60.7 Å². The van der Waals surface area contributed by atoms with E-state index in [0.717, 1.165) is 41.4 Å². The molecule has 26 heavy (non-hydrogen) atoms. The van der Waals surface area contributed by atoms with Gasteiger partial charge in [-0.2, -0.15) is 0 Å². The van der Waals surface area contributed by atoms with E-state index in [-0.39, 0.29) is 0 Å². The normalized spacial score (nSPS) is 12.1. The van der Waals surface area contributed by atoms with Gasteiger partial charge in [0.2, 0.25) is 0 Å². The molecule has 0 aliphatic heterocycles. The van der Waals surface area contributed by atoms with Crippen molar-refractivity contribution in [2.75, 3.05) is 0 Å². The summed E-state index contributed by atoms with van der Waals surface area (Å²) in [5.41, 5.74) is 2.05. The van der Waals surface area contributed by atoms with Crippen LogP contribution in [0.2, 0.25) is 0 Å². The Morgan fingerprint density at radius 3 is 1.81 bits per heavy atom. The maximum atomic E-state index is 4.79. The molecule has 2 aromatic carbocycles. The zero-order valence-corrected chi connectivity index (χ0v) is 15.6. The van der Waals surface area contributed by atoms with Crippen LogP contribution >= 0.6 is 0 Å². The first-order valence-corrected chi connectivity index (χ1v) is 9.46. The van der Waals surface area contributed by atoms with E-state index in [9.17, 15) is 0 Å². The quantitative estimate of drug-likeness (QED) is 0.464. The van der Waals surface area contributed by atoms with Gasteiger partial charge >= 0.3 is 0 Å². The van der Waals surface area contributed by atoms with Crippen LogP contribution in [0.25, 0.3) is 22.8 Å². The molecule has 1 aromatic heterocycles. The highest BCUT2D eigenvalue weighted by atomic mass is 15.0. The minimum atomic E-state index is 0.302. The van der Waals surface area contributed by atoms with Crippen molar-refractivity contribution in [2.45, 2.75) is 45.4 Å². The number of hydrogen-bond donors (Lipinski definition) is 0. The Bertz CT molecular complexity index is 742. The van der Waals surface area contributed by atoms with Gasteiger partial charge in [0.05, 0.1) is 0 Å². The van der Waals surface area contributed by atoms with Crippen molar-refractivity contribution in [2.24, 2.45) is 0 Å². The predicted molar refractivity (Wildman–Crippen MR) is 108 cm³/mol. The molecule has 0 fully saturated rings. The Labute approximate surface area is 156 Å². The van der Waals surface area contributed by atoms with Gasteiger partial charge in [0.1, 0.15) is 5.82 Å². The maximum Gasteiger partial charge on any atom is 0.163 e. The largest absolute Gasteiger partial charge is 0.213 e. The van der Waals surface area contributed by atoms with E-state index in [1.54, 1.807) is 0 Å². The van der Waals surface area contributed by atoms with Gasteiger partial charge in [-0.1, -0.05) is 87.4 Å². The van der Waals surface area contributed by atoms with Crippen molar-refractivity contribution in [1.29, 1.82) is 0 Å². The van der Waals surface area contributed by atoms with Crippen molar-refractivity contribution >= 4 is 0 Å². The van der Waals surface area contributed by atoms with Crippen LogP contribution in [0.15, 0.2) is 60.7 Å². The molecule has 1 heterocycles. The third-order valence-corrected chi connectivity index (χ3v) is 4.45. The van der Waals surface area contributed by atoms with Crippen LogP contribution in [-0.4, -0.2) is 15.0 Å². The molecule has 133 valence electrons. The number of hydrogen-bond acceptors (Lipinski definition) is 3. The standard InChI is InChI=1S/C23H26N3/c1-3-4-5-8-13-18(2)21-24-22(19-14-9-6-10-15-19)26-23(25-21)20-16-11-7-12-17-20/h5-7,9-12,14-18H,3-4,8,13H2,1-2H3. The summed E-state index contributed by atoms with van der Waals surface area (Å²) < 4.78 is 0. The van der Waals surface area contributed by atoms with Gasteiger partial charge in [0.15, 0.2) is 11.6 Å². The zero-order valence-electron chi connectivity index (χ0n) is 15.6. The lowest BCUT2D eigenvalue weighted by Crippen LogP contribution is -2.06. The topological polar surface area (TPSA) is 38.7 Å². The summed E-state index contributed by atoms with van der Waals surface area (Å²) in [5, 5.41) is 0. The highest BCUT2D eigenvalue weighted by Gasteiger charge is 2.15. The van der Waals surface area contributed by atoms with Crippen LogP contribution in [0.3, 0.4) is 0 Å². The Hall–Kier alpha value is -2.55. The third-order valence-electron chi connectivity index (χ3n) is 4.45. The van der Waals surface area contributed by atoms with Gasteiger partial charge in [-0.25, -0.2) is 15.0 Å². The molecule has 3 nitrogen and oxygen atoms in total. The molecule has 0 bridgehead atoms.